The Balaban J connectivity index is 1.87. The van der Waals surface area contributed by atoms with Crippen molar-refractivity contribution in [2.45, 2.75) is 55.9 Å². The van der Waals surface area contributed by atoms with Crippen molar-refractivity contribution >= 4 is 43.7 Å². The molecule has 1 aliphatic rings. The zero-order chi connectivity index (χ0) is 23.7. The molecule has 0 unspecified atom stereocenters. The van der Waals surface area contributed by atoms with Crippen LogP contribution < -0.4 is 4.74 Å². The van der Waals surface area contributed by atoms with Crippen molar-refractivity contribution in [3.8, 4) is 11.5 Å². The van der Waals surface area contributed by atoms with Crippen LogP contribution in [0.15, 0.2) is 57.9 Å². The van der Waals surface area contributed by atoms with Gasteiger partial charge in [-0.2, -0.15) is 16.1 Å². The number of benzene rings is 2. The molecule has 32 heavy (non-hydrogen) atoms. The fourth-order valence-electron chi connectivity index (χ4n) is 3.43. The second-order valence-electron chi connectivity index (χ2n) is 9.03. The standard InChI is InChI=1S/C23H28BrNO5S2/c1-22(2,3)30-21(26)20-23(4,5)31-15-14-25(20)32(27,28)19-12-10-18(11-13-19)29-17-8-6-16(24)7-9-17/h6-13,20H,14-15H2,1-5H3/t20-/m0/s1. The summed E-state index contributed by atoms with van der Waals surface area (Å²) in [5, 5.41) is 0. The first-order valence-corrected chi connectivity index (χ1v) is 13.4. The minimum atomic E-state index is -3.92. The van der Waals surface area contributed by atoms with Gasteiger partial charge in [0.15, 0.2) is 0 Å². The van der Waals surface area contributed by atoms with E-state index in [1.54, 1.807) is 44.7 Å². The highest BCUT2D eigenvalue weighted by atomic mass is 79.9. The summed E-state index contributed by atoms with van der Waals surface area (Å²) in [5.74, 6) is 1.22. The molecule has 1 heterocycles. The van der Waals surface area contributed by atoms with E-state index in [4.69, 9.17) is 9.47 Å². The maximum Gasteiger partial charge on any atom is 0.326 e. The predicted molar refractivity (Wildman–Crippen MR) is 131 cm³/mol. The van der Waals surface area contributed by atoms with Gasteiger partial charge < -0.3 is 9.47 Å². The quantitative estimate of drug-likeness (QED) is 0.467. The highest BCUT2D eigenvalue weighted by Gasteiger charge is 2.49. The molecule has 2 aromatic carbocycles. The van der Waals surface area contributed by atoms with E-state index in [0.717, 1.165) is 4.47 Å². The van der Waals surface area contributed by atoms with Gasteiger partial charge in [-0.3, -0.25) is 4.79 Å². The lowest BCUT2D eigenvalue weighted by molar-refractivity contribution is -0.160. The molecule has 0 amide bonds. The average Bonchev–Trinajstić information content (AvgIpc) is 2.68. The van der Waals surface area contributed by atoms with Gasteiger partial charge in [-0.25, -0.2) is 8.42 Å². The van der Waals surface area contributed by atoms with Crippen LogP contribution in [0.4, 0.5) is 0 Å². The fourth-order valence-corrected chi connectivity index (χ4v) is 6.78. The number of carbonyl (C=O) groups is 1. The van der Waals surface area contributed by atoms with Crippen LogP contribution in [0, 0.1) is 0 Å². The van der Waals surface area contributed by atoms with Crippen LogP contribution in [0.1, 0.15) is 34.6 Å². The van der Waals surface area contributed by atoms with Crippen molar-refractivity contribution in [2.24, 2.45) is 0 Å². The highest BCUT2D eigenvalue weighted by Crippen LogP contribution is 2.39. The van der Waals surface area contributed by atoms with E-state index in [1.165, 1.54) is 16.4 Å². The lowest BCUT2D eigenvalue weighted by atomic mass is 10.0. The summed E-state index contributed by atoms with van der Waals surface area (Å²) in [6.07, 6.45) is 0. The Bertz CT molecular complexity index is 1060. The molecule has 1 fully saturated rings. The summed E-state index contributed by atoms with van der Waals surface area (Å²) in [6.45, 7) is 9.31. The monoisotopic (exact) mass is 541 g/mol. The number of sulfonamides is 1. The van der Waals surface area contributed by atoms with Gasteiger partial charge in [0, 0.05) is 21.5 Å². The summed E-state index contributed by atoms with van der Waals surface area (Å²) in [6, 6.07) is 12.7. The van der Waals surface area contributed by atoms with Crippen molar-refractivity contribution in [3.63, 3.8) is 0 Å². The summed E-state index contributed by atoms with van der Waals surface area (Å²) in [7, 11) is -3.92. The van der Waals surface area contributed by atoms with Crippen LogP contribution in [-0.4, -0.2) is 47.4 Å². The molecule has 1 aliphatic heterocycles. The number of halogens is 1. The predicted octanol–water partition coefficient (Wildman–Crippen LogP) is 5.47. The molecule has 0 N–H and O–H groups in total. The minimum Gasteiger partial charge on any atom is -0.459 e. The first-order chi connectivity index (χ1) is 14.8. The number of hydrogen-bond acceptors (Lipinski definition) is 6. The van der Waals surface area contributed by atoms with Crippen molar-refractivity contribution in [1.29, 1.82) is 0 Å². The lowest BCUT2D eigenvalue weighted by Crippen LogP contribution is -2.59. The highest BCUT2D eigenvalue weighted by molar-refractivity contribution is 9.10. The fraction of sp³-hybridized carbons (Fsp3) is 0.435. The van der Waals surface area contributed by atoms with Crippen molar-refractivity contribution in [3.05, 3.63) is 53.0 Å². The van der Waals surface area contributed by atoms with Crippen molar-refractivity contribution in [2.75, 3.05) is 12.3 Å². The van der Waals surface area contributed by atoms with E-state index in [1.807, 2.05) is 38.1 Å². The Kier molecular flexibility index (Phi) is 7.34. The third kappa shape index (κ3) is 5.87. The summed E-state index contributed by atoms with van der Waals surface area (Å²) in [5.41, 5.74) is -0.712. The zero-order valence-corrected chi connectivity index (χ0v) is 22.0. The molecule has 0 saturated carbocycles. The van der Waals surface area contributed by atoms with Crippen LogP contribution in [0.25, 0.3) is 0 Å². The smallest absolute Gasteiger partial charge is 0.326 e. The normalized spacial score (nSPS) is 19.4. The first kappa shape index (κ1) is 25.1. The van der Waals surface area contributed by atoms with E-state index in [-0.39, 0.29) is 11.4 Å². The number of ether oxygens (including phenoxy) is 2. The van der Waals surface area contributed by atoms with E-state index in [0.29, 0.717) is 17.3 Å². The van der Waals surface area contributed by atoms with Crippen LogP contribution in [0.2, 0.25) is 0 Å². The molecule has 174 valence electrons. The van der Waals surface area contributed by atoms with E-state index >= 15 is 0 Å². The molecule has 1 saturated heterocycles. The van der Waals surface area contributed by atoms with E-state index in [9.17, 15) is 13.2 Å². The number of nitrogens with zero attached hydrogens (tertiary/aromatic N) is 1. The average molecular weight is 543 g/mol. The Morgan fingerprint density at radius 3 is 2.12 bits per heavy atom. The largest absolute Gasteiger partial charge is 0.459 e. The SMILES string of the molecule is CC(C)(C)OC(=O)[C@@H]1N(S(=O)(=O)c2ccc(Oc3ccc(Br)cc3)cc2)CCSC1(C)C. The minimum absolute atomic E-state index is 0.108. The zero-order valence-electron chi connectivity index (χ0n) is 18.8. The molecule has 0 spiro atoms. The van der Waals surface area contributed by atoms with Gasteiger partial charge in [0.2, 0.25) is 10.0 Å². The van der Waals surface area contributed by atoms with Gasteiger partial charge in [0.05, 0.1) is 4.90 Å². The summed E-state index contributed by atoms with van der Waals surface area (Å²) < 4.78 is 40.0. The Morgan fingerprint density at radius 2 is 1.59 bits per heavy atom. The Hall–Kier alpha value is -1.55. The van der Waals surface area contributed by atoms with Gasteiger partial charge in [-0.05, 0) is 83.1 Å². The van der Waals surface area contributed by atoms with Crippen LogP contribution in [-0.2, 0) is 19.6 Å². The third-order valence-corrected chi connectivity index (χ3v) is 8.60. The number of thioether (sulfide) groups is 1. The number of hydrogen-bond donors (Lipinski definition) is 0. The second-order valence-corrected chi connectivity index (χ2v) is 13.6. The van der Waals surface area contributed by atoms with Crippen LogP contribution in [0.3, 0.4) is 0 Å². The van der Waals surface area contributed by atoms with Gasteiger partial charge in [0.25, 0.3) is 0 Å². The molecule has 0 aromatic heterocycles. The number of esters is 1. The molecule has 1 atom stereocenters. The molecule has 6 nitrogen and oxygen atoms in total. The second kappa shape index (κ2) is 9.37. The van der Waals surface area contributed by atoms with Gasteiger partial charge >= 0.3 is 5.97 Å². The third-order valence-electron chi connectivity index (χ3n) is 4.84. The van der Waals surface area contributed by atoms with E-state index in [2.05, 4.69) is 15.9 Å². The van der Waals surface area contributed by atoms with Crippen molar-refractivity contribution in [1.82, 2.24) is 4.31 Å². The van der Waals surface area contributed by atoms with Crippen LogP contribution >= 0.6 is 27.7 Å². The molecule has 9 heteroatoms. The topological polar surface area (TPSA) is 72.9 Å². The van der Waals surface area contributed by atoms with Crippen molar-refractivity contribution < 1.29 is 22.7 Å². The van der Waals surface area contributed by atoms with E-state index < -0.39 is 32.4 Å². The Labute approximate surface area is 202 Å². The van der Waals surface area contributed by atoms with Gasteiger partial charge in [-0.1, -0.05) is 15.9 Å². The summed E-state index contributed by atoms with van der Waals surface area (Å²) in [4.78, 5) is 13.1. The first-order valence-electron chi connectivity index (χ1n) is 10.2. The summed E-state index contributed by atoms with van der Waals surface area (Å²) >= 11 is 4.95. The van der Waals surface area contributed by atoms with Gasteiger partial charge in [0.1, 0.15) is 23.1 Å². The Morgan fingerprint density at radius 1 is 1.06 bits per heavy atom. The number of carbonyl (C=O) groups excluding carboxylic acids is 1. The molecule has 0 bridgehead atoms. The molecule has 0 aliphatic carbocycles. The number of rotatable bonds is 5. The molecule has 2 aromatic rings. The maximum atomic E-state index is 13.5. The molecular weight excluding hydrogens is 514 g/mol. The van der Waals surface area contributed by atoms with Gasteiger partial charge in [-0.15, -0.1) is 0 Å². The molecule has 3 rings (SSSR count). The van der Waals surface area contributed by atoms with Crippen LogP contribution in [0.5, 0.6) is 11.5 Å². The lowest BCUT2D eigenvalue weighted by Gasteiger charge is -2.44. The molecular formula is C23H28BrNO5S2. The maximum absolute atomic E-state index is 13.5. The molecule has 0 radical (unpaired) electrons.